The molecule has 0 fully saturated rings. The summed E-state index contributed by atoms with van der Waals surface area (Å²) >= 11 is 0. The maximum absolute atomic E-state index is 11.6. The van der Waals surface area contributed by atoms with Gasteiger partial charge in [-0.15, -0.1) is 0 Å². The van der Waals surface area contributed by atoms with Gasteiger partial charge in [0.15, 0.2) is 0 Å². The highest BCUT2D eigenvalue weighted by Gasteiger charge is 2.20. The second kappa shape index (κ2) is 6.72. The summed E-state index contributed by atoms with van der Waals surface area (Å²) in [5.74, 6) is 0.461. The van der Waals surface area contributed by atoms with Crippen LogP contribution >= 0.6 is 0 Å². The van der Waals surface area contributed by atoms with Crippen LogP contribution in [0.1, 0.15) is 26.0 Å². The lowest BCUT2D eigenvalue weighted by Gasteiger charge is -2.23. The van der Waals surface area contributed by atoms with Crippen molar-refractivity contribution in [2.45, 2.75) is 32.9 Å². The van der Waals surface area contributed by atoms with E-state index >= 15 is 0 Å². The molecular formula is C12H20N2O4S. The number of nitrogens with one attached hydrogen (secondary N) is 1. The van der Waals surface area contributed by atoms with Gasteiger partial charge < -0.3 is 9.73 Å². The van der Waals surface area contributed by atoms with Gasteiger partial charge in [-0.05, 0) is 26.0 Å². The number of furan rings is 1. The third-order valence-corrected chi connectivity index (χ3v) is 4.06. The van der Waals surface area contributed by atoms with E-state index in [1.807, 2.05) is 0 Å². The van der Waals surface area contributed by atoms with E-state index < -0.39 is 10.0 Å². The molecule has 0 bridgehead atoms. The summed E-state index contributed by atoms with van der Waals surface area (Å²) < 4.78 is 29.4. The van der Waals surface area contributed by atoms with Crippen LogP contribution < -0.4 is 5.32 Å². The van der Waals surface area contributed by atoms with E-state index in [0.29, 0.717) is 12.3 Å². The first-order chi connectivity index (χ1) is 8.80. The van der Waals surface area contributed by atoms with E-state index in [-0.39, 0.29) is 24.9 Å². The largest absolute Gasteiger partial charge is 0.467 e. The number of rotatable bonds is 7. The van der Waals surface area contributed by atoms with Gasteiger partial charge in [0.1, 0.15) is 5.76 Å². The Bertz CT molecular complexity index is 494. The average Bonchev–Trinajstić information content (AvgIpc) is 2.76. The quantitative estimate of drug-likeness (QED) is 0.810. The van der Waals surface area contributed by atoms with Gasteiger partial charge in [-0.2, -0.15) is 4.31 Å². The molecule has 0 aliphatic carbocycles. The highest BCUT2D eigenvalue weighted by atomic mass is 32.2. The van der Waals surface area contributed by atoms with Crippen LogP contribution in [0.3, 0.4) is 0 Å². The highest BCUT2D eigenvalue weighted by molar-refractivity contribution is 7.88. The average molecular weight is 288 g/mol. The van der Waals surface area contributed by atoms with Crippen molar-refractivity contribution in [1.29, 1.82) is 0 Å². The summed E-state index contributed by atoms with van der Waals surface area (Å²) in [6, 6.07) is 3.34. The predicted molar refractivity (Wildman–Crippen MR) is 71.9 cm³/mol. The lowest BCUT2D eigenvalue weighted by Crippen LogP contribution is -2.39. The molecule has 0 aliphatic heterocycles. The molecule has 0 atom stereocenters. The number of hydrogen-bond acceptors (Lipinski definition) is 4. The lowest BCUT2D eigenvalue weighted by molar-refractivity contribution is -0.121. The van der Waals surface area contributed by atoms with E-state index in [2.05, 4.69) is 5.32 Å². The first kappa shape index (κ1) is 15.7. The molecule has 108 valence electrons. The summed E-state index contributed by atoms with van der Waals surface area (Å²) in [4.78, 5) is 11.6. The number of sulfonamides is 1. The summed E-state index contributed by atoms with van der Waals surface area (Å²) in [5, 5.41) is 2.68. The summed E-state index contributed by atoms with van der Waals surface area (Å²) in [7, 11) is -3.28. The van der Waals surface area contributed by atoms with Gasteiger partial charge >= 0.3 is 0 Å². The molecule has 1 N–H and O–H groups in total. The Kier molecular flexibility index (Phi) is 5.56. The zero-order valence-corrected chi connectivity index (χ0v) is 12.2. The minimum atomic E-state index is -3.28. The Balaban J connectivity index is 2.40. The van der Waals surface area contributed by atoms with Crippen molar-refractivity contribution in [3.63, 3.8) is 0 Å². The molecule has 1 aromatic rings. The van der Waals surface area contributed by atoms with E-state index in [1.54, 1.807) is 26.0 Å². The van der Waals surface area contributed by atoms with Crippen molar-refractivity contribution in [2.75, 3.05) is 12.8 Å². The van der Waals surface area contributed by atoms with Crippen molar-refractivity contribution < 1.29 is 17.6 Å². The smallest absolute Gasteiger partial charge is 0.221 e. The van der Waals surface area contributed by atoms with Gasteiger partial charge in [0.2, 0.25) is 15.9 Å². The van der Waals surface area contributed by atoms with Gasteiger partial charge in [0, 0.05) is 19.0 Å². The van der Waals surface area contributed by atoms with E-state index in [0.717, 1.165) is 6.26 Å². The molecule has 1 aromatic heterocycles. The first-order valence-corrected chi connectivity index (χ1v) is 7.91. The maximum atomic E-state index is 11.6. The first-order valence-electron chi connectivity index (χ1n) is 6.06. The minimum Gasteiger partial charge on any atom is -0.467 e. The van der Waals surface area contributed by atoms with Crippen LogP contribution in [0.5, 0.6) is 0 Å². The molecule has 0 spiro atoms. The van der Waals surface area contributed by atoms with Crippen LogP contribution in [-0.2, 0) is 21.4 Å². The molecule has 1 amide bonds. The van der Waals surface area contributed by atoms with Crippen molar-refractivity contribution in [3.8, 4) is 0 Å². The molecule has 6 nitrogen and oxygen atoms in total. The predicted octanol–water partition coefficient (Wildman–Crippen LogP) is 0.956. The molecular weight excluding hydrogens is 268 g/mol. The molecule has 1 rings (SSSR count). The summed E-state index contributed by atoms with van der Waals surface area (Å²) in [5.41, 5.74) is 0. The molecule has 7 heteroatoms. The number of carbonyl (C=O) groups excluding carboxylic acids is 1. The van der Waals surface area contributed by atoms with E-state index in [1.165, 1.54) is 10.6 Å². The third kappa shape index (κ3) is 5.44. The van der Waals surface area contributed by atoms with Crippen LogP contribution in [0.25, 0.3) is 0 Å². The molecule has 0 unspecified atom stereocenters. The van der Waals surface area contributed by atoms with Crippen LogP contribution in [0, 0.1) is 0 Å². The molecule has 19 heavy (non-hydrogen) atoms. The Morgan fingerprint density at radius 2 is 2.16 bits per heavy atom. The van der Waals surface area contributed by atoms with E-state index in [4.69, 9.17) is 4.42 Å². The SMILES string of the molecule is CC(C)N(CCC(=O)NCc1ccco1)S(C)(=O)=O. The van der Waals surface area contributed by atoms with Crippen molar-refractivity contribution in [2.24, 2.45) is 0 Å². The Hall–Kier alpha value is -1.34. The lowest BCUT2D eigenvalue weighted by atomic mass is 10.3. The minimum absolute atomic E-state index is 0.131. The number of hydrogen-bond donors (Lipinski definition) is 1. The Labute approximate surface area is 113 Å². The second-order valence-electron chi connectivity index (χ2n) is 4.57. The van der Waals surface area contributed by atoms with Crippen LogP contribution in [-0.4, -0.2) is 37.5 Å². The fourth-order valence-electron chi connectivity index (χ4n) is 1.71. The maximum Gasteiger partial charge on any atom is 0.221 e. The highest BCUT2D eigenvalue weighted by Crippen LogP contribution is 2.06. The number of amides is 1. The van der Waals surface area contributed by atoms with Crippen molar-refractivity contribution in [1.82, 2.24) is 9.62 Å². The number of carbonyl (C=O) groups is 1. The van der Waals surface area contributed by atoms with Crippen LogP contribution in [0.2, 0.25) is 0 Å². The topological polar surface area (TPSA) is 79.6 Å². The van der Waals surface area contributed by atoms with Gasteiger partial charge in [0.25, 0.3) is 0 Å². The normalized spacial score (nSPS) is 12.1. The monoisotopic (exact) mass is 288 g/mol. The van der Waals surface area contributed by atoms with Crippen molar-refractivity contribution >= 4 is 15.9 Å². The second-order valence-corrected chi connectivity index (χ2v) is 6.51. The molecule has 0 radical (unpaired) electrons. The fourth-order valence-corrected chi connectivity index (χ4v) is 2.89. The Morgan fingerprint density at radius 3 is 2.63 bits per heavy atom. The number of nitrogens with zero attached hydrogens (tertiary/aromatic N) is 1. The zero-order valence-electron chi connectivity index (χ0n) is 11.4. The van der Waals surface area contributed by atoms with E-state index in [9.17, 15) is 13.2 Å². The Morgan fingerprint density at radius 1 is 1.47 bits per heavy atom. The van der Waals surface area contributed by atoms with Gasteiger partial charge in [-0.1, -0.05) is 0 Å². The van der Waals surface area contributed by atoms with Gasteiger partial charge in [-0.25, -0.2) is 8.42 Å². The van der Waals surface area contributed by atoms with Crippen LogP contribution in [0.4, 0.5) is 0 Å². The molecule has 1 heterocycles. The van der Waals surface area contributed by atoms with Gasteiger partial charge in [-0.3, -0.25) is 4.79 Å². The van der Waals surface area contributed by atoms with Crippen LogP contribution in [0.15, 0.2) is 22.8 Å². The standard InChI is InChI=1S/C12H20N2O4S/c1-10(2)14(19(3,16)17)7-6-12(15)13-9-11-5-4-8-18-11/h4-5,8,10H,6-7,9H2,1-3H3,(H,13,15). The third-order valence-electron chi connectivity index (χ3n) is 2.60. The molecule has 0 saturated carbocycles. The zero-order chi connectivity index (χ0) is 14.5. The summed E-state index contributed by atoms with van der Waals surface area (Å²) in [6.07, 6.45) is 2.81. The summed E-state index contributed by atoms with van der Waals surface area (Å²) in [6.45, 7) is 4.05. The molecule has 0 aromatic carbocycles. The van der Waals surface area contributed by atoms with Crippen molar-refractivity contribution in [3.05, 3.63) is 24.2 Å². The fraction of sp³-hybridized carbons (Fsp3) is 0.583. The molecule has 0 aliphatic rings. The molecule has 0 saturated heterocycles. The van der Waals surface area contributed by atoms with Gasteiger partial charge in [0.05, 0.1) is 19.1 Å².